The molecule has 0 bridgehead atoms. The number of amides is 1. The fourth-order valence-corrected chi connectivity index (χ4v) is 3.57. The van der Waals surface area contributed by atoms with Crippen molar-refractivity contribution in [3.8, 4) is 5.69 Å². The number of nitrogens with zero attached hydrogens (tertiary/aromatic N) is 5. The molecule has 1 aliphatic heterocycles. The van der Waals surface area contributed by atoms with Gasteiger partial charge in [-0.25, -0.2) is 9.07 Å². The van der Waals surface area contributed by atoms with Gasteiger partial charge in [0.25, 0.3) is 0 Å². The highest BCUT2D eigenvalue weighted by atomic mass is 35.5. The highest BCUT2D eigenvalue weighted by Gasteiger charge is 2.37. The first-order valence-corrected chi connectivity index (χ1v) is 9.05. The van der Waals surface area contributed by atoms with Crippen LogP contribution in [0.15, 0.2) is 36.7 Å². The summed E-state index contributed by atoms with van der Waals surface area (Å²) in [5, 5.41) is 7.12. The summed E-state index contributed by atoms with van der Waals surface area (Å²) in [6.45, 7) is 0.0129. The van der Waals surface area contributed by atoms with Crippen LogP contribution in [0.25, 0.3) is 5.69 Å². The number of carbonyl (C=O) groups excluding carboxylic acids is 1. The molecule has 3 heterocycles. The van der Waals surface area contributed by atoms with Crippen LogP contribution in [0.1, 0.15) is 17.8 Å². The van der Waals surface area contributed by atoms with Gasteiger partial charge < -0.3 is 4.90 Å². The molecule has 0 aliphatic carbocycles. The summed E-state index contributed by atoms with van der Waals surface area (Å²) in [5.74, 6) is -0.805. The predicted octanol–water partition coefficient (Wildman–Crippen LogP) is 3.86. The van der Waals surface area contributed by atoms with Gasteiger partial charge in [-0.1, -0.05) is 11.6 Å². The Labute approximate surface area is 167 Å². The van der Waals surface area contributed by atoms with Crippen molar-refractivity contribution in [2.24, 2.45) is 0 Å². The largest absolute Gasteiger partial charge is 0.436 e. The van der Waals surface area contributed by atoms with Crippen LogP contribution in [0.2, 0.25) is 5.02 Å². The van der Waals surface area contributed by atoms with E-state index in [-0.39, 0.29) is 5.82 Å². The summed E-state index contributed by atoms with van der Waals surface area (Å²) in [4.78, 5) is 14.2. The van der Waals surface area contributed by atoms with E-state index >= 15 is 0 Å². The molecule has 0 radical (unpaired) electrons. The van der Waals surface area contributed by atoms with Gasteiger partial charge in [-0.15, -0.1) is 0 Å². The topological polar surface area (TPSA) is 56.0 Å². The van der Waals surface area contributed by atoms with Gasteiger partial charge in [0.2, 0.25) is 5.91 Å². The SMILES string of the molecule is O=C(Cn1cc(Cl)c(C(F)(F)F)n1)N1CCCc2c1cnn2-c1ccc(F)cc1. The Hall–Kier alpha value is -2.88. The molecule has 3 aromatic rings. The maximum Gasteiger partial charge on any atom is 0.436 e. The Morgan fingerprint density at radius 3 is 2.59 bits per heavy atom. The van der Waals surface area contributed by atoms with Gasteiger partial charge in [0.15, 0.2) is 5.69 Å². The smallest absolute Gasteiger partial charge is 0.308 e. The second-order valence-corrected chi connectivity index (χ2v) is 6.94. The molecule has 0 N–H and O–H groups in total. The average Bonchev–Trinajstić information content (AvgIpc) is 3.25. The lowest BCUT2D eigenvalue weighted by Crippen LogP contribution is -2.37. The molecule has 4 rings (SSSR count). The first kappa shape index (κ1) is 19.4. The number of hydrogen-bond acceptors (Lipinski definition) is 3. The Morgan fingerprint density at radius 1 is 1.21 bits per heavy atom. The lowest BCUT2D eigenvalue weighted by atomic mass is 10.1. The van der Waals surface area contributed by atoms with Crippen LogP contribution >= 0.6 is 11.6 Å². The molecule has 152 valence electrons. The number of alkyl halides is 3. The molecule has 0 saturated carbocycles. The van der Waals surface area contributed by atoms with Crippen molar-refractivity contribution < 1.29 is 22.4 Å². The van der Waals surface area contributed by atoms with E-state index in [1.54, 1.807) is 16.8 Å². The van der Waals surface area contributed by atoms with Crippen molar-refractivity contribution in [2.75, 3.05) is 11.4 Å². The zero-order chi connectivity index (χ0) is 20.8. The molecule has 0 fully saturated rings. The molecule has 29 heavy (non-hydrogen) atoms. The van der Waals surface area contributed by atoms with Crippen LogP contribution in [0.4, 0.5) is 23.2 Å². The summed E-state index contributed by atoms with van der Waals surface area (Å²) in [7, 11) is 0. The zero-order valence-corrected chi connectivity index (χ0v) is 15.6. The third kappa shape index (κ3) is 3.71. The lowest BCUT2D eigenvalue weighted by Gasteiger charge is -2.27. The molecule has 0 spiro atoms. The van der Waals surface area contributed by atoms with Gasteiger partial charge in [0, 0.05) is 12.7 Å². The summed E-state index contributed by atoms with van der Waals surface area (Å²) in [6, 6.07) is 5.78. The number of rotatable bonds is 3. The van der Waals surface area contributed by atoms with E-state index in [0.717, 1.165) is 16.6 Å². The van der Waals surface area contributed by atoms with Crippen LogP contribution in [-0.4, -0.2) is 32.0 Å². The minimum atomic E-state index is -4.69. The van der Waals surface area contributed by atoms with E-state index in [9.17, 15) is 22.4 Å². The lowest BCUT2D eigenvalue weighted by molar-refractivity contribution is -0.141. The molecule has 1 aliphatic rings. The number of carbonyl (C=O) groups is 1. The Kier molecular flexibility index (Phi) is 4.81. The first-order chi connectivity index (χ1) is 13.7. The van der Waals surface area contributed by atoms with Gasteiger partial charge in [-0.05, 0) is 37.1 Å². The number of hydrogen-bond donors (Lipinski definition) is 0. The van der Waals surface area contributed by atoms with Crippen LogP contribution < -0.4 is 4.90 Å². The molecule has 6 nitrogen and oxygen atoms in total. The van der Waals surface area contributed by atoms with Crippen molar-refractivity contribution in [2.45, 2.75) is 25.6 Å². The third-order valence-corrected chi connectivity index (χ3v) is 4.86. The van der Waals surface area contributed by atoms with Gasteiger partial charge in [-0.2, -0.15) is 23.4 Å². The number of halogens is 5. The van der Waals surface area contributed by atoms with Crippen LogP contribution in [0.5, 0.6) is 0 Å². The standard InChI is InChI=1S/C18H14ClF4N5O/c19-13-9-26(25-17(13)18(21,22)23)10-16(29)27-7-1-2-14-15(27)8-24-28(14)12-5-3-11(20)4-6-12/h3-6,8-9H,1-2,7,10H2. The molecule has 0 saturated heterocycles. The normalized spacial score (nSPS) is 14.2. The van der Waals surface area contributed by atoms with E-state index in [1.165, 1.54) is 23.2 Å². The molecule has 2 aromatic heterocycles. The second-order valence-electron chi connectivity index (χ2n) is 6.53. The highest BCUT2D eigenvalue weighted by molar-refractivity contribution is 6.31. The monoisotopic (exact) mass is 427 g/mol. The molecular formula is C18H14ClF4N5O. The van der Waals surface area contributed by atoms with E-state index in [0.29, 0.717) is 30.8 Å². The molecule has 11 heteroatoms. The molecule has 1 amide bonds. The van der Waals surface area contributed by atoms with Crippen molar-refractivity contribution in [1.82, 2.24) is 19.6 Å². The van der Waals surface area contributed by atoms with Crippen LogP contribution in [0, 0.1) is 5.82 Å². The maximum atomic E-state index is 13.2. The zero-order valence-electron chi connectivity index (χ0n) is 14.8. The fourth-order valence-electron chi connectivity index (χ4n) is 3.31. The van der Waals surface area contributed by atoms with E-state index in [4.69, 9.17) is 11.6 Å². The van der Waals surface area contributed by atoms with Gasteiger partial charge in [0.05, 0.1) is 28.3 Å². The summed E-state index contributed by atoms with van der Waals surface area (Å²) in [5.41, 5.74) is 0.761. The van der Waals surface area contributed by atoms with Crippen molar-refractivity contribution in [1.29, 1.82) is 0 Å². The van der Waals surface area contributed by atoms with E-state index in [1.807, 2.05) is 0 Å². The van der Waals surface area contributed by atoms with E-state index < -0.39 is 29.3 Å². The Bertz CT molecular complexity index is 1060. The summed E-state index contributed by atoms with van der Waals surface area (Å²) < 4.78 is 54.2. The predicted molar refractivity (Wildman–Crippen MR) is 96.4 cm³/mol. The van der Waals surface area contributed by atoms with E-state index in [2.05, 4.69) is 10.2 Å². The second kappa shape index (κ2) is 7.18. The highest BCUT2D eigenvalue weighted by Crippen LogP contribution is 2.33. The summed E-state index contributed by atoms with van der Waals surface area (Å²) in [6.07, 6.45) is -0.885. The quantitative estimate of drug-likeness (QED) is 0.596. The van der Waals surface area contributed by atoms with Gasteiger partial charge in [-0.3, -0.25) is 9.48 Å². The number of fused-ring (bicyclic) bond motifs is 1. The number of benzene rings is 1. The number of aromatic nitrogens is 4. The Balaban J connectivity index is 1.59. The van der Waals surface area contributed by atoms with Gasteiger partial charge in [0.1, 0.15) is 12.4 Å². The molecular weight excluding hydrogens is 414 g/mol. The Morgan fingerprint density at radius 2 is 1.93 bits per heavy atom. The first-order valence-electron chi connectivity index (χ1n) is 8.67. The molecule has 0 unspecified atom stereocenters. The maximum absolute atomic E-state index is 13.2. The van der Waals surface area contributed by atoms with Crippen LogP contribution in [0.3, 0.4) is 0 Å². The summed E-state index contributed by atoms with van der Waals surface area (Å²) >= 11 is 5.59. The fraction of sp³-hybridized carbons (Fsp3) is 0.278. The molecule has 1 aromatic carbocycles. The van der Waals surface area contributed by atoms with Crippen molar-refractivity contribution >= 4 is 23.2 Å². The molecule has 0 atom stereocenters. The minimum Gasteiger partial charge on any atom is -0.308 e. The number of anilines is 1. The van der Waals surface area contributed by atoms with Crippen molar-refractivity contribution in [3.63, 3.8) is 0 Å². The average molecular weight is 428 g/mol. The van der Waals surface area contributed by atoms with Gasteiger partial charge >= 0.3 is 6.18 Å². The van der Waals surface area contributed by atoms with Crippen LogP contribution in [-0.2, 0) is 23.9 Å². The van der Waals surface area contributed by atoms with Crippen molar-refractivity contribution in [3.05, 3.63) is 58.9 Å². The third-order valence-electron chi connectivity index (χ3n) is 4.59. The minimum absolute atomic E-state index is 0.373.